The summed E-state index contributed by atoms with van der Waals surface area (Å²) in [6.07, 6.45) is 7.38. The Labute approximate surface area is 115 Å². The van der Waals surface area contributed by atoms with Crippen LogP contribution in [-0.4, -0.2) is 36.6 Å². The quantitative estimate of drug-likeness (QED) is 0.633. The molecule has 18 heavy (non-hydrogen) atoms. The molecule has 0 amide bonds. The van der Waals surface area contributed by atoms with Crippen molar-refractivity contribution in [2.75, 3.05) is 13.1 Å². The zero-order valence-electron chi connectivity index (χ0n) is 11.1. The van der Waals surface area contributed by atoms with Crippen LogP contribution in [0.15, 0.2) is 0 Å². The standard InChI is InChI=1S/C14H26ClN3/c15-10-3-1-2-9(6-10)14-7-12(16)11-8-17-5-4-13(11)18-14/h9-14,17-18H,1-8,16H2. The number of fused-ring (bicyclic) bond motifs is 1. The topological polar surface area (TPSA) is 50.1 Å². The van der Waals surface area contributed by atoms with Crippen LogP contribution in [-0.2, 0) is 0 Å². The van der Waals surface area contributed by atoms with Crippen LogP contribution in [0.3, 0.4) is 0 Å². The molecule has 3 aliphatic rings. The maximum atomic E-state index is 6.41. The van der Waals surface area contributed by atoms with E-state index in [-0.39, 0.29) is 0 Å². The van der Waals surface area contributed by atoms with Crippen LogP contribution in [0.5, 0.6) is 0 Å². The fourth-order valence-corrected chi connectivity index (χ4v) is 4.59. The van der Waals surface area contributed by atoms with Crippen LogP contribution in [0, 0.1) is 11.8 Å². The third-order valence-corrected chi connectivity index (χ3v) is 5.65. The largest absolute Gasteiger partial charge is 0.327 e. The molecule has 1 aliphatic carbocycles. The van der Waals surface area contributed by atoms with Crippen LogP contribution in [0.4, 0.5) is 0 Å². The summed E-state index contributed by atoms with van der Waals surface area (Å²) in [6.45, 7) is 2.23. The number of hydrogen-bond acceptors (Lipinski definition) is 3. The Morgan fingerprint density at radius 3 is 2.78 bits per heavy atom. The Hall–Kier alpha value is 0.170. The summed E-state index contributed by atoms with van der Waals surface area (Å²) in [5.74, 6) is 1.38. The molecule has 6 unspecified atom stereocenters. The summed E-state index contributed by atoms with van der Waals surface area (Å²) in [6, 6.07) is 1.61. The van der Waals surface area contributed by atoms with E-state index in [9.17, 15) is 0 Å². The summed E-state index contributed by atoms with van der Waals surface area (Å²) in [5.41, 5.74) is 6.41. The van der Waals surface area contributed by atoms with E-state index in [4.69, 9.17) is 17.3 Å². The molecule has 3 rings (SSSR count). The van der Waals surface area contributed by atoms with Gasteiger partial charge in [-0.2, -0.15) is 0 Å². The Morgan fingerprint density at radius 1 is 1.06 bits per heavy atom. The van der Waals surface area contributed by atoms with Crippen LogP contribution < -0.4 is 16.4 Å². The van der Waals surface area contributed by atoms with E-state index in [1.165, 1.54) is 32.1 Å². The first kappa shape index (κ1) is 13.2. The molecule has 1 saturated carbocycles. The number of alkyl halides is 1. The minimum Gasteiger partial charge on any atom is -0.327 e. The second-order valence-corrected chi connectivity index (χ2v) is 7.08. The lowest BCUT2D eigenvalue weighted by molar-refractivity contribution is 0.121. The van der Waals surface area contributed by atoms with Crippen molar-refractivity contribution in [3.8, 4) is 0 Å². The van der Waals surface area contributed by atoms with E-state index < -0.39 is 0 Å². The Kier molecular flexibility index (Phi) is 4.14. The van der Waals surface area contributed by atoms with Gasteiger partial charge in [-0.1, -0.05) is 6.42 Å². The van der Waals surface area contributed by atoms with E-state index in [1.807, 2.05) is 0 Å². The van der Waals surface area contributed by atoms with Crippen molar-refractivity contribution >= 4 is 11.6 Å². The predicted molar refractivity (Wildman–Crippen MR) is 75.9 cm³/mol. The maximum Gasteiger partial charge on any atom is 0.0339 e. The lowest BCUT2D eigenvalue weighted by atomic mass is 9.74. The van der Waals surface area contributed by atoms with Gasteiger partial charge in [0, 0.05) is 36.0 Å². The molecule has 0 aromatic carbocycles. The van der Waals surface area contributed by atoms with Crippen molar-refractivity contribution in [3.63, 3.8) is 0 Å². The van der Waals surface area contributed by atoms with Gasteiger partial charge >= 0.3 is 0 Å². The minimum absolute atomic E-state index is 0.366. The lowest BCUT2D eigenvalue weighted by Crippen LogP contribution is -2.63. The third-order valence-electron chi connectivity index (χ3n) is 5.25. The molecule has 0 aromatic rings. The molecule has 0 aromatic heterocycles. The number of nitrogens with one attached hydrogen (secondary N) is 2. The van der Waals surface area contributed by atoms with Crippen LogP contribution >= 0.6 is 11.6 Å². The molecule has 3 fully saturated rings. The molecule has 0 bridgehead atoms. The Morgan fingerprint density at radius 2 is 1.94 bits per heavy atom. The number of halogens is 1. The first-order chi connectivity index (χ1) is 8.74. The van der Waals surface area contributed by atoms with E-state index in [2.05, 4.69) is 10.6 Å². The maximum absolute atomic E-state index is 6.41. The molecule has 4 heteroatoms. The number of piperidine rings is 2. The fourth-order valence-electron chi connectivity index (χ4n) is 4.21. The summed E-state index contributed by atoms with van der Waals surface area (Å²) >= 11 is 6.34. The van der Waals surface area contributed by atoms with E-state index in [0.717, 1.165) is 25.4 Å². The number of nitrogens with two attached hydrogens (primary N) is 1. The molecule has 104 valence electrons. The third kappa shape index (κ3) is 2.69. The van der Waals surface area contributed by atoms with Crippen molar-refractivity contribution in [1.29, 1.82) is 0 Å². The van der Waals surface area contributed by atoms with Crippen molar-refractivity contribution in [2.24, 2.45) is 17.6 Å². The molecule has 6 atom stereocenters. The Bertz CT molecular complexity index is 286. The zero-order chi connectivity index (χ0) is 12.5. The van der Waals surface area contributed by atoms with Gasteiger partial charge in [0.1, 0.15) is 0 Å². The molecular weight excluding hydrogens is 246 g/mol. The first-order valence-electron chi connectivity index (χ1n) is 7.60. The van der Waals surface area contributed by atoms with E-state index in [0.29, 0.717) is 29.4 Å². The SMILES string of the molecule is NC1CC(C2CCCC(Cl)C2)NC2CCNCC12. The normalized spacial score (nSPS) is 49.7. The van der Waals surface area contributed by atoms with Gasteiger partial charge in [-0.25, -0.2) is 0 Å². The van der Waals surface area contributed by atoms with Gasteiger partial charge in [0.25, 0.3) is 0 Å². The summed E-state index contributed by atoms with van der Waals surface area (Å²) in [7, 11) is 0. The van der Waals surface area contributed by atoms with E-state index in [1.54, 1.807) is 0 Å². The summed E-state index contributed by atoms with van der Waals surface area (Å²) in [4.78, 5) is 0. The zero-order valence-corrected chi connectivity index (χ0v) is 11.8. The van der Waals surface area contributed by atoms with Gasteiger partial charge in [0.15, 0.2) is 0 Å². The molecule has 0 spiro atoms. The average Bonchev–Trinajstić information content (AvgIpc) is 2.39. The van der Waals surface area contributed by atoms with Crippen molar-refractivity contribution in [3.05, 3.63) is 0 Å². The van der Waals surface area contributed by atoms with Gasteiger partial charge < -0.3 is 16.4 Å². The number of hydrogen-bond donors (Lipinski definition) is 3. The smallest absolute Gasteiger partial charge is 0.0339 e. The average molecular weight is 272 g/mol. The highest BCUT2D eigenvalue weighted by Gasteiger charge is 2.40. The summed E-state index contributed by atoms with van der Waals surface area (Å²) in [5, 5.41) is 7.77. The predicted octanol–water partition coefficient (Wildman–Crippen LogP) is 1.45. The molecule has 3 nitrogen and oxygen atoms in total. The van der Waals surface area contributed by atoms with E-state index >= 15 is 0 Å². The van der Waals surface area contributed by atoms with Gasteiger partial charge in [0.2, 0.25) is 0 Å². The van der Waals surface area contributed by atoms with Crippen molar-refractivity contribution in [2.45, 2.75) is 62.0 Å². The van der Waals surface area contributed by atoms with Gasteiger partial charge in [-0.15, -0.1) is 11.6 Å². The van der Waals surface area contributed by atoms with Crippen LogP contribution in [0.2, 0.25) is 0 Å². The van der Waals surface area contributed by atoms with Gasteiger partial charge in [0.05, 0.1) is 0 Å². The molecule has 2 heterocycles. The Balaban J connectivity index is 1.63. The molecule has 2 saturated heterocycles. The fraction of sp³-hybridized carbons (Fsp3) is 1.00. The highest BCUT2D eigenvalue weighted by atomic mass is 35.5. The van der Waals surface area contributed by atoms with Crippen LogP contribution in [0.1, 0.15) is 38.5 Å². The van der Waals surface area contributed by atoms with Crippen molar-refractivity contribution in [1.82, 2.24) is 10.6 Å². The lowest BCUT2D eigenvalue weighted by Gasteiger charge is -2.47. The second kappa shape index (κ2) is 5.66. The minimum atomic E-state index is 0.366. The molecule has 2 aliphatic heterocycles. The summed E-state index contributed by atoms with van der Waals surface area (Å²) < 4.78 is 0. The highest BCUT2D eigenvalue weighted by molar-refractivity contribution is 6.20. The highest BCUT2D eigenvalue weighted by Crippen LogP contribution is 2.35. The first-order valence-corrected chi connectivity index (χ1v) is 8.04. The van der Waals surface area contributed by atoms with Crippen LogP contribution in [0.25, 0.3) is 0 Å². The monoisotopic (exact) mass is 271 g/mol. The molecule has 4 N–H and O–H groups in total. The van der Waals surface area contributed by atoms with Gasteiger partial charge in [-0.3, -0.25) is 0 Å². The molecule has 0 radical (unpaired) electrons. The van der Waals surface area contributed by atoms with Crippen molar-refractivity contribution < 1.29 is 0 Å². The molecular formula is C14H26ClN3. The second-order valence-electron chi connectivity index (χ2n) is 6.46. The van der Waals surface area contributed by atoms with Gasteiger partial charge in [-0.05, 0) is 44.6 Å². The number of rotatable bonds is 1.